The first-order chi connectivity index (χ1) is 7.75. The highest BCUT2D eigenvalue weighted by Crippen LogP contribution is 2.28. The first kappa shape index (κ1) is 12.3. The largest absolute Gasteiger partial charge is 0.353 e. The fourth-order valence-electron chi connectivity index (χ4n) is 2.68. The molecular weight excluding hydrogens is 218 g/mol. The van der Waals surface area contributed by atoms with Crippen LogP contribution in [-0.2, 0) is 4.79 Å². The lowest BCUT2D eigenvalue weighted by molar-refractivity contribution is -0.126. The maximum Gasteiger partial charge on any atom is 0.223 e. The third kappa shape index (κ3) is 3.41. The quantitative estimate of drug-likeness (QED) is 0.805. The monoisotopic (exact) mass is 241 g/mol. The van der Waals surface area contributed by atoms with Crippen LogP contribution in [0.1, 0.15) is 45.4 Å². The zero-order valence-electron chi connectivity index (χ0n) is 10.2. The van der Waals surface area contributed by atoms with Crippen LogP contribution < -0.4 is 5.32 Å². The number of amides is 1. The molecule has 1 aliphatic carbocycles. The number of hydrogen-bond acceptors (Lipinski definition) is 2. The molecule has 2 rings (SSSR count). The first-order valence-electron chi connectivity index (χ1n) is 6.64. The molecule has 0 aromatic carbocycles. The Hall–Kier alpha value is -0.180. The summed E-state index contributed by atoms with van der Waals surface area (Å²) in [6.07, 6.45) is 7.01. The summed E-state index contributed by atoms with van der Waals surface area (Å²) >= 11 is 2.01. The minimum Gasteiger partial charge on any atom is -0.353 e. The molecule has 1 amide bonds. The first-order valence-corrected chi connectivity index (χ1v) is 7.79. The molecular formula is C13H23NOS. The van der Waals surface area contributed by atoms with Gasteiger partial charge < -0.3 is 5.32 Å². The molecule has 2 nitrogen and oxygen atoms in total. The minimum absolute atomic E-state index is 0.311. The second-order valence-electron chi connectivity index (χ2n) is 5.35. The van der Waals surface area contributed by atoms with Gasteiger partial charge in [-0.15, -0.1) is 0 Å². The molecule has 92 valence electrons. The predicted molar refractivity (Wildman–Crippen MR) is 69.6 cm³/mol. The van der Waals surface area contributed by atoms with Crippen molar-refractivity contribution in [1.29, 1.82) is 0 Å². The SMILES string of the molecule is CC1CCC(C(=O)NC2CCSCC2)CC1. The average Bonchev–Trinajstić information content (AvgIpc) is 2.31. The van der Waals surface area contributed by atoms with E-state index < -0.39 is 0 Å². The summed E-state index contributed by atoms with van der Waals surface area (Å²) in [6, 6.07) is 0.466. The van der Waals surface area contributed by atoms with Gasteiger partial charge in [-0.05, 0) is 55.9 Å². The van der Waals surface area contributed by atoms with Gasteiger partial charge in [-0.2, -0.15) is 11.8 Å². The van der Waals surface area contributed by atoms with Crippen molar-refractivity contribution >= 4 is 17.7 Å². The average molecular weight is 241 g/mol. The van der Waals surface area contributed by atoms with Crippen LogP contribution in [0.3, 0.4) is 0 Å². The number of carbonyl (C=O) groups is 1. The van der Waals surface area contributed by atoms with Gasteiger partial charge in [0.15, 0.2) is 0 Å². The molecule has 3 heteroatoms. The highest BCUT2D eigenvalue weighted by molar-refractivity contribution is 7.99. The lowest BCUT2D eigenvalue weighted by Gasteiger charge is -2.28. The molecule has 0 atom stereocenters. The fourth-order valence-corrected chi connectivity index (χ4v) is 3.79. The van der Waals surface area contributed by atoms with Gasteiger partial charge in [0, 0.05) is 12.0 Å². The molecule has 16 heavy (non-hydrogen) atoms. The summed E-state index contributed by atoms with van der Waals surface area (Å²) in [5.41, 5.74) is 0. The van der Waals surface area contributed by atoms with E-state index in [0.717, 1.165) is 18.8 Å². The lowest BCUT2D eigenvalue weighted by atomic mass is 9.82. The van der Waals surface area contributed by atoms with Gasteiger partial charge in [0.25, 0.3) is 0 Å². The van der Waals surface area contributed by atoms with Crippen LogP contribution in [0.4, 0.5) is 0 Å². The van der Waals surface area contributed by atoms with Gasteiger partial charge in [0.05, 0.1) is 0 Å². The molecule has 0 aromatic heterocycles. The Kier molecular flexibility index (Phi) is 4.56. The molecule has 1 heterocycles. The van der Waals surface area contributed by atoms with Crippen LogP contribution in [0.5, 0.6) is 0 Å². The number of hydrogen-bond donors (Lipinski definition) is 1. The Bertz CT molecular complexity index is 230. The van der Waals surface area contributed by atoms with E-state index in [1.54, 1.807) is 0 Å². The topological polar surface area (TPSA) is 29.1 Å². The second-order valence-corrected chi connectivity index (χ2v) is 6.58. The van der Waals surface area contributed by atoms with Gasteiger partial charge in [-0.25, -0.2) is 0 Å². The molecule has 1 aliphatic heterocycles. The minimum atomic E-state index is 0.311. The Morgan fingerprint density at radius 1 is 1.06 bits per heavy atom. The number of carbonyl (C=O) groups excluding carboxylic acids is 1. The van der Waals surface area contributed by atoms with Gasteiger partial charge >= 0.3 is 0 Å². The Labute approximate surface area is 103 Å². The fraction of sp³-hybridized carbons (Fsp3) is 0.923. The van der Waals surface area contributed by atoms with E-state index in [1.807, 2.05) is 11.8 Å². The number of thioether (sulfide) groups is 1. The molecule has 0 unspecified atom stereocenters. The van der Waals surface area contributed by atoms with E-state index in [4.69, 9.17) is 0 Å². The lowest BCUT2D eigenvalue weighted by Crippen LogP contribution is -2.41. The molecule has 2 aliphatic rings. The van der Waals surface area contributed by atoms with Crippen LogP contribution in [0.2, 0.25) is 0 Å². The number of rotatable bonds is 2. The van der Waals surface area contributed by atoms with Crippen molar-refractivity contribution in [3.63, 3.8) is 0 Å². The predicted octanol–water partition coefficient (Wildman–Crippen LogP) is 2.82. The highest BCUT2D eigenvalue weighted by Gasteiger charge is 2.26. The third-order valence-electron chi connectivity index (χ3n) is 3.95. The van der Waals surface area contributed by atoms with Crippen LogP contribution in [0, 0.1) is 11.8 Å². The van der Waals surface area contributed by atoms with Crippen molar-refractivity contribution in [3.8, 4) is 0 Å². The maximum atomic E-state index is 12.1. The molecule has 0 radical (unpaired) electrons. The smallest absolute Gasteiger partial charge is 0.223 e. The maximum absolute atomic E-state index is 12.1. The van der Waals surface area contributed by atoms with Gasteiger partial charge in [0.2, 0.25) is 5.91 Å². The molecule has 1 N–H and O–H groups in total. The normalized spacial score (nSPS) is 32.3. The van der Waals surface area contributed by atoms with Crippen molar-refractivity contribution in [3.05, 3.63) is 0 Å². The van der Waals surface area contributed by atoms with Crippen molar-refractivity contribution in [2.24, 2.45) is 11.8 Å². The van der Waals surface area contributed by atoms with E-state index >= 15 is 0 Å². The summed E-state index contributed by atoms with van der Waals surface area (Å²) < 4.78 is 0. The van der Waals surface area contributed by atoms with E-state index in [9.17, 15) is 4.79 Å². The van der Waals surface area contributed by atoms with Crippen LogP contribution in [0.15, 0.2) is 0 Å². The zero-order chi connectivity index (χ0) is 11.4. The molecule has 1 saturated carbocycles. The molecule has 1 saturated heterocycles. The Balaban J connectivity index is 1.74. The molecule has 0 spiro atoms. The second kappa shape index (κ2) is 5.95. The Morgan fingerprint density at radius 2 is 1.69 bits per heavy atom. The number of nitrogens with one attached hydrogen (secondary N) is 1. The van der Waals surface area contributed by atoms with E-state index in [1.165, 1.54) is 37.2 Å². The van der Waals surface area contributed by atoms with Crippen LogP contribution in [0.25, 0.3) is 0 Å². The molecule has 2 fully saturated rings. The van der Waals surface area contributed by atoms with Crippen molar-refractivity contribution in [2.45, 2.75) is 51.5 Å². The van der Waals surface area contributed by atoms with Crippen LogP contribution in [-0.4, -0.2) is 23.5 Å². The van der Waals surface area contributed by atoms with E-state index in [-0.39, 0.29) is 0 Å². The van der Waals surface area contributed by atoms with E-state index in [2.05, 4.69) is 12.2 Å². The zero-order valence-corrected chi connectivity index (χ0v) is 11.0. The Morgan fingerprint density at radius 3 is 2.31 bits per heavy atom. The molecule has 0 bridgehead atoms. The van der Waals surface area contributed by atoms with Gasteiger partial charge in [-0.1, -0.05) is 6.92 Å². The van der Waals surface area contributed by atoms with Gasteiger partial charge in [-0.3, -0.25) is 4.79 Å². The summed E-state index contributed by atoms with van der Waals surface area (Å²) in [7, 11) is 0. The third-order valence-corrected chi connectivity index (χ3v) is 5.00. The van der Waals surface area contributed by atoms with Crippen molar-refractivity contribution in [1.82, 2.24) is 5.32 Å². The molecule has 0 aromatic rings. The van der Waals surface area contributed by atoms with Crippen LogP contribution >= 0.6 is 11.8 Å². The summed E-state index contributed by atoms with van der Waals surface area (Å²) in [5.74, 6) is 3.91. The summed E-state index contributed by atoms with van der Waals surface area (Å²) in [5, 5.41) is 3.25. The highest BCUT2D eigenvalue weighted by atomic mass is 32.2. The standard InChI is InChI=1S/C13H23NOS/c1-10-2-4-11(5-3-10)13(15)14-12-6-8-16-9-7-12/h10-12H,2-9H2,1H3,(H,14,15). The van der Waals surface area contributed by atoms with E-state index in [0.29, 0.717) is 17.9 Å². The summed E-state index contributed by atoms with van der Waals surface area (Å²) in [4.78, 5) is 12.1. The summed E-state index contributed by atoms with van der Waals surface area (Å²) in [6.45, 7) is 2.30. The van der Waals surface area contributed by atoms with Gasteiger partial charge in [0.1, 0.15) is 0 Å². The van der Waals surface area contributed by atoms with Crippen molar-refractivity contribution < 1.29 is 4.79 Å². The van der Waals surface area contributed by atoms with Crippen molar-refractivity contribution in [2.75, 3.05) is 11.5 Å².